The van der Waals surface area contributed by atoms with Crippen LogP contribution < -0.4 is 21.3 Å². The third-order valence-corrected chi connectivity index (χ3v) is 5.01. The molecule has 3 rings (SSSR count). The number of carbonyl (C=O) groups excluding carboxylic acids is 2. The SMILES string of the molecule is CC(=O)NCCNC1CC(C)=NC(NC(=O)Nc2ccc3c(c2)CC=NC3)N1C. The Balaban J connectivity index is 1.54. The van der Waals surface area contributed by atoms with E-state index in [1.807, 2.05) is 43.3 Å². The Morgan fingerprint density at radius 1 is 1.24 bits per heavy atom. The van der Waals surface area contributed by atoms with E-state index in [4.69, 9.17) is 0 Å². The first-order valence-electron chi connectivity index (χ1n) is 9.83. The van der Waals surface area contributed by atoms with Crippen LogP contribution in [0.2, 0.25) is 0 Å². The molecule has 9 nitrogen and oxygen atoms in total. The molecule has 1 aromatic carbocycles. The highest BCUT2D eigenvalue weighted by Gasteiger charge is 2.28. The van der Waals surface area contributed by atoms with Crippen LogP contribution in [-0.2, 0) is 17.8 Å². The predicted molar refractivity (Wildman–Crippen MR) is 114 cm³/mol. The molecule has 0 fully saturated rings. The zero-order valence-electron chi connectivity index (χ0n) is 17.2. The molecule has 2 atom stereocenters. The van der Waals surface area contributed by atoms with Gasteiger partial charge < -0.3 is 16.0 Å². The minimum Gasteiger partial charge on any atom is -0.355 e. The van der Waals surface area contributed by atoms with Crippen LogP contribution in [0.3, 0.4) is 0 Å². The van der Waals surface area contributed by atoms with Gasteiger partial charge in [0.25, 0.3) is 0 Å². The molecule has 156 valence electrons. The van der Waals surface area contributed by atoms with Crippen LogP contribution >= 0.6 is 0 Å². The summed E-state index contributed by atoms with van der Waals surface area (Å²) in [5.41, 5.74) is 4.09. The summed E-state index contributed by atoms with van der Waals surface area (Å²) in [7, 11) is 1.91. The van der Waals surface area contributed by atoms with Crippen LogP contribution in [-0.4, -0.2) is 61.4 Å². The zero-order chi connectivity index (χ0) is 20.8. The predicted octanol–water partition coefficient (Wildman–Crippen LogP) is 1.07. The lowest BCUT2D eigenvalue weighted by Crippen LogP contribution is -2.58. The first-order chi connectivity index (χ1) is 13.9. The van der Waals surface area contributed by atoms with Crippen molar-refractivity contribution in [1.82, 2.24) is 20.9 Å². The summed E-state index contributed by atoms with van der Waals surface area (Å²) in [5, 5.41) is 12.0. The van der Waals surface area contributed by atoms with Gasteiger partial charge in [0.15, 0.2) is 6.29 Å². The topological polar surface area (TPSA) is 110 Å². The molecule has 2 heterocycles. The molecule has 3 amide bonds. The second-order valence-corrected chi connectivity index (χ2v) is 7.37. The molecule has 29 heavy (non-hydrogen) atoms. The number of anilines is 1. The molecular weight excluding hydrogens is 370 g/mol. The van der Waals surface area contributed by atoms with Crippen molar-refractivity contribution in [3.63, 3.8) is 0 Å². The summed E-state index contributed by atoms with van der Waals surface area (Å²) in [5.74, 6) is -0.0489. The molecule has 0 saturated heterocycles. The Hall–Kier alpha value is -2.78. The number of amides is 3. The van der Waals surface area contributed by atoms with Gasteiger partial charge >= 0.3 is 6.03 Å². The first-order valence-corrected chi connectivity index (χ1v) is 9.83. The summed E-state index contributed by atoms with van der Waals surface area (Å²) in [6.45, 7) is 5.33. The quantitative estimate of drug-likeness (QED) is 0.536. The van der Waals surface area contributed by atoms with Crippen LogP contribution in [0, 0.1) is 0 Å². The largest absolute Gasteiger partial charge is 0.355 e. The van der Waals surface area contributed by atoms with Crippen LogP contribution in [0.1, 0.15) is 31.4 Å². The van der Waals surface area contributed by atoms with E-state index >= 15 is 0 Å². The van der Waals surface area contributed by atoms with Gasteiger partial charge in [-0.05, 0) is 37.2 Å². The van der Waals surface area contributed by atoms with Gasteiger partial charge in [-0.15, -0.1) is 0 Å². The van der Waals surface area contributed by atoms with E-state index in [1.165, 1.54) is 18.1 Å². The highest BCUT2D eigenvalue weighted by atomic mass is 16.2. The Labute approximate surface area is 171 Å². The van der Waals surface area contributed by atoms with Gasteiger partial charge in [-0.3, -0.25) is 25.0 Å². The van der Waals surface area contributed by atoms with Crippen molar-refractivity contribution in [2.75, 3.05) is 25.5 Å². The van der Waals surface area contributed by atoms with E-state index in [9.17, 15) is 9.59 Å². The maximum absolute atomic E-state index is 12.5. The summed E-state index contributed by atoms with van der Waals surface area (Å²) in [6, 6.07) is 5.59. The van der Waals surface area contributed by atoms with E-state index in [2.05, 4.69) is 31.3 Å². The Bertz CT molecular complexity index is 821. The van der Waals surface area contributed by atoms with E-state index in [0.29, 0.717) is 19.6 Å². The number of hydrogen-bond acceptors (Lipinski definition) is 6. The number of benzene rings is 1. The molecule has 0 bridgehead atoms. The molecule has 4 N–H and O–H groups in total. The van der Waals surface area contributed by atoms with Crippen molar-refractivity contribution in [3.05, 3.63) is 29.3 Å². The standard InChI is InChI=1S/C20H29N7O2/c1-13-10-18(23-9-8-22-14(2)28)27(3)19(24-13)26-20(29)25-17-5-4-16-12-21-7-6-15(16)11-17/h4-5,7,11,18-19,23H,6,8-10,12H2,1-3H3,(H,22,28)(H2,25,26,29). The highest BCUT2D eigenvalue weighted by molar-refractivity contribution is 5.90. The van der Waals surface area contributed by atoms with E-state index in [-0.39, 0.29) is 18.1 Å². The maximum Gasteiger partial charge on any atom is 0.321 e. The third kappa shape index (κ3) is 5.85. The number of urea groups is 1. The van der Waals surface area contributed by atoms with Gasteiger partial charge in [0.1, 0.15) is 0 Å². The van der Waals surface area contributed by atoms with E-state index in [1.54, 1.807) is 0 Å². The fraction of sp³-hybridized carbons (Fsp3) is 0.500. The second-order valence-electron chi connectivity index (χ2n) is 7.37. The van der Waals surface area contributed by atoms with Gasteiger partial charge in [-0.1, -0.05) is 6.07 Å². The van der Waals surface area contributed by atoms with Crippen LogP contribution in [0.5, 0.6) is 0 Å². The third-order valence-electron chi connectivity index (χ3n) is 5.01. The molecule has 2 unspecified atom stereocenters. The smallest absolute Gasteiger partial charge is 0.321 e. The summed E-state index contributed by atoms with van der Waals surface area (Å²) in [4.78, 5) is 34.3. The molecule has 9 heteroatoms. The molecule has 0 aliphatic carbocycles. The number of aliphatic imine (C=N–C) groups is 2. The molecule has 0 radical (unpaired) electrons. The van der Waals surface area contributed by atoms with Gasteiger partial charge in [-0.25, -0.2) is 4.79 Å². The summed E-state index contributed by atoms with van der Waals surface area (Å²) >= 11 is 0. The molecule has 0 saturated carbocycles. The number of rotatable bonds is 6. The van der Waals surface area contributed by atoms with Crippen LogP contribution in [0.15, 0.2) is 28.2 Å². The van der Waals surface area contributed by atoms with Crippen molar-refractivity contribution in [2.45, 2.75) is 45.7 Å². The number of hydrogen-bond donors (Lipinski definition) is 4. The average molecular weight is 399 g/mol. The van der Waals surface area contributed by atoms with Crippen molar-refractivity contribution in [2.24, 2.45) is 9.98 Å². The normalized spacial score (nSPS) is 21.1. The molecule has 2 aliphatic rings. The number of nitrogens with one attached hydrogen (secondary N) is 4. The Morgan fingerprint density at radius 3 is 2.86 bits per heavy atom. The maximum atomic E-state index is 12.5. The van der Waals surface area contributed by atoms with Crippen molar-refractivity contribution in [1.29, 1.82) is 0 Å². The lowest BCUT2D eigenvalue weighted by molar-refractivity contribution is -0.118. The number of nitrogens with zero attached hydrogens (tertiary/aromatic N) is 3. The van der Waals surface area contributed by atoms with Gasteiger partial charge in [0.05, 0.1) is 12.7 Å². The fourth-order valence-electron chi connectivity index (χ4n) is 3.43. The molecule has 0 aromatic heterocycles. The highest BCUT2D eigenvalue weighted by Crippen LogP contribution is 2.20. The first kappa shape index (κ1) is 20.9. The van der Waals surface area contributed by atoms with Crippen molar-refractivity contribution >= 4 is 29.6 Å². The Morgan fingerprint density at radius 2 is 2.07 bits per heavy atom. The average Bonchev–Trinajstić information content (AvgIpc) is 2.68. The monoisotopic (exact) mass is 399 g/mol. The fourth-order valence-corrected chi connectivity index (χ4v) is 3.43. The van der Waals surface area contributed by atoms with E-state index in [0.717, 1.165) is 24.2 Å². The minimum absolute atomic E-state index is 0.0228. The van der Waals surface area contributed by atoms with Gasteiger partial charge in [0, 0.05) is 50.5 Å². The molecule has 2 aliphatic heterocycles. The lowest BCUT2D eigenvalue weighted by Gasteiger charge is -2.37. The van der Waals surface area contributed by atoms with Gasteiger partial charge in [-0.2, -0.15) is 0 Å². The van der Waals surface area contributed by atoms with Crippen LogP contribution in [0.25, 0.3) is 0 Å². The molecule has 1 aromatic rings. The summed E-state index contributed by atoms with van der Waals surface area (Å²) < 4.78 is 0. The lowest BCUT2D eigenvalue weighted by atomic mass is 10.0. The molecule has 0 spiro atoms. The van der Waals surface area contributed by atoms with E-state index < -0.39 is 6.29 Å². The van der Waals surface area contributed by atoms with Crippen LogP contribution in [0.4, 0.5) is 10.5 Å². The number of fused-ring (bicyclic) bond motifs is 1. The van der Waals surface area contributed by atoms with Crippen molar-refractivity contribution < 1.29 is 9.59 Å². The van der Waals surface area contributed by atoms with Gasteiger partial charge in [0.2, 0.25) is 5.91 Å². The molecular formula is C20H29N7O2. The second kappa shape index (κ2) is 9.62. The minimum atomic E-state index is -0.466. The zero-order valence-corrected chi connectivity index (χ0v) is 17.2. The summed E-state index contributed by atoms with van der Waals surface area (Å²) in [6.07, 6.45) is 3.00. The number of carbonyl (C=O) groups is 2. The Kier molecular flexibility index (Phi) is 6.95. The van der Waals surface area contributed by atoms with Crippen molar-refractivity contribution in [3.8, 4) is 0 Å².